The Labute approximate surface area is 192 Å². The molecule has 1 atom stereocenters. The van der Waals surface area contributed by atoms with Crippen LogP contribution in [0.25, 0.3) is 5.57 Å². The van der Waals surface area contributed by atoms with Crippen molar-refractivity contribution in [3.05, 3.63) is 24.0 Å². The molecule has 0 radical (unpaired) electrons. The molecule has 0 fully saturated rings. The molecule has 0 aliphatic carbocycles. The average molecular weight is 465 g/mol. The zero-order valence-corrected chi connectivity index (χ0v) is 23.6. The SMILES string of the molecule is CCCC[Si](C)(C)C1Oc2c(ccc(OC)c2OC(C)C)C1=CO[Si](C)(C)C(C)(C)C. The van der Waals surface area contributed by atoms with Crippen molar-refractivity contribution in [3.63, 3.8) is 0 Å². The molecular formula is C25H44O4Si2. The van der Waals surface area contributed by atoms with E-state index in [0.29, 0.717) is 11.5 Å². The first-order valence-electron chi connectivity index (χ1n) is 11.7. The Balaban J connectivity index is 2.59. The highest BCUT2D eigenvalue weighted by molar-refractivity contribution is 6.80. The molecule has 4 nitrogen and oxygen atoms in total. The van der Waals surface area contributed by atoms with Crippen LogP contribution in [0.15, 0.2) is 18.4 Å². The first kappa shape index (κ1) is 25.9. The van der Waals surface area contributed by atoms with E-state index >= 15 is 0 Å². The second kappa shape index (κ2) is 9.61. The Hall–Kier alpha value is -1.41. The van der Waals surface area contributed by atoms with Gasteiger partial charge in [-0.15, -0.1) is 0 Å². The number of hydrogen-bond donors (Lipinski definition) is 0. The van der Waals surface area contributed by atoms with Crippen LogP contribution in [0.4, 0.5) is 0 Å². The fraction of sp³-hybridized carbons (Fsp3) is 0.680. The number of ether oxygens (including phenoxy) is 3. The minimum atomic E-state index is -1.94. The highest BCUT2D eigenvalue weighted by atomic mass is 28.4. The van der Waals surface area contributed by atoms with Crippen LogP contribution in [-0.2, 0) is 4.43 Å². The monoisotopic (exact) mass is 464 g/mol. The Kier molecular flexibility index (Phi) is 8.02. The van der Waals surface area contributed by atoms with Crippen LogP contribution in [0.1, 0.15) is 59.9 Å². The molecule has 176 valence electrons. The second-order valence-corrected chi connectivity index (χ2v) is 20.9. The maximum atomic E-state index is 6.73. The predicted molar refractivity (Wildman–Crippen MR) is 137 cm³/mol. The lowest BCUT2D eigenvalue weighted by Crippen LogP contribution is -2.44. The molecule has 0 saturated heterocycles. The average Bonchev–Trinajstić information content (AvgIpc) is 3.04. The van der Waals surface area contributed by atoms with Crippen LogP contribution in [-0.4, -0.2) is 35.3 Å². The molecule has 0 bridgehead atoms. The third kappa shape index (κ3) is 5.69. The smallest absolute Gasteiger partial charge is 0.249 e. The molecule has 0 amide bonds. The largest absolute Gasteiger partial charge is 0.549 e. The van der Waals surface area contributed by atoms with Gasteiger partial charge in [0.2, 0.25) is 14.1 Å². The van der Waals surface area contributed by atoms with Gasteiger partial charge in [-0.2, -0.15) is 0 Å². The molecule has 31 heavy (non-hydrogen) atoms. The number of benzene rings is 1. The molecule has 0 aromatic heterocycles. The number of unbranched alkanes of at least 4 members (excludes halogenated alkanes) is 1. The zero-order valence-electron chi connectivity index (χ0n) is 21.6. The molecule has 1 heterocycles. The van der Waals surface area contributed by atoms with Gasteiger partial charge in [-0.05, 0) is 44.1 Å². The van der Waals surface area contributed by atoms with E-state index in [0.717, 1.165) is 11.3 Å². The minimum Gasteiger partial charge on any atom is -0.549 e. The molecule has 0 spiro atoms. The van der Waals surface area contributed by atoms with Crippen molar-refractivity contribution >= 4 is 22.0 Å². The fourth-order valence-corrected chi connectivity index (χ4v) is 7.38. The highest BCUT2D eigenvalue weighted by Crippen LogP contribution is 2.51. The van der Waals surface area contributed by atoms with Crippen molar-refractivity contribution in [2.45, 2.75) is 103 Å². The van der Waals surface area contributed by atoms with Crippen molar-refractivity contribution in [3.8, 4) is 17.2 Å². The third-order valence-corrected chi connectivity index (χ3v) is 14.5. The van der Waals surface area contributed by atoms with E-state index in [-0.39, 0.29) is 16.9 Å². The first-order chi connectivity index (χ1) is 14.2. The summed E-state index contributed by atoms with van der Waals surface area (Å²) in [7, 11) is -1.99. The summed E-state index contributed by atoms with van der Waals surface area (Å²) >= 11 is 0. The molecule has 1 aromatic rings. The van der Waals surface area contributed by atoms with Crippen molar-refractivity contribution in [1.82, 2.24) is 0 Å². The molecular weight excluding hydrogens is 420 g/mol. The molecule has 6 heteroatoms. The van der Waals surface area contributed by atoms with Gasteiger partial charge in [0.15, 0.2) is 11.5 Å². The van der Waals surface area contributed by atoms with Gasteiger partial charge >= 0.3 is 0 Å². The summed E-state index contributed by atoms with van der Waals surface area (Å²) in [6.07, 6.45) is 4.49. The molecule has 1 unspecified atom stereocenters. The number of hydrogen-bond acceptors (Lipinski definition) is 4. The Bertz CT molecular complexity index is 791. The minimum absolute atomic E-state index is 0.0318. The topological polar surface area (TPSA) is 36.9 Å². The maximum absolute atomic E-state index is 6.73. The van der Waals surface area contributed by atoms with Gasteiger partial charge in [0.25, 0.3) is 0 Å². The standard InChI is InChI=1S/C25H44O4Si2/c1-12-13-16-30(8,9)24-20(17-27-31(10,11)25(4,5)6)19-14-15-21(26-7)23(22(19)29-24)28-18(2)3/h14-15,17-18,24H,12-13,16H2,1-11H3. The predicted octanol–water partition coefficient (Wildman–Crippen LogP) is 7.65. The van der Waals surface area contributed by atoms with Crippen LogP contribution in [0.2, 0.25) is 37.3 Å². The number of methoxy groups -OCH3 is 1. The van der Waals surface area contributed by atoms with Crippen molar-refractivity contribution < 1.29 is 18.6 Å². The number of rotatable bonds is 9. The van der Waals surface area contributed by atoms with E-state index in [1.165, 1.54) is 24.5 Å². The number of fused-ring (bicyclic) bond motifs is 1. The summed E-state index contributed by atoms with van der Waals surface area (Å²) in [6.45, 7) is 22.6. The van der Waals surface area contributed by atoms with E-state index in [2.05, 4.69) is 59.9 Å². The summed E-state index contributed by atoms with van der Waals surface area (Å²) in [5, 5.41) is 0.142. The second-order valence-electron chi connectivity index (χ2n) is 11.2. The summed E-state index contributed by atoms with van der Waals surface area (Å²) in [5.41, 5.74) is 2.29. The lowest BCUT2D eigenvalue weighted by atomic mass is 10.1. The van der Waals surface area contributed by atoms with Crippen molar-refractivity contribution in [2.75, 3.05) is 7.11 Å². The summed E-state index contributed by atoms with van der Waals surface area (Å²) in [5.74, 6) is 2.22. The summed E-state index contributed by atoms with van der Waals surface area (Å²) in [4.78, 5) is 0. The van der Waals surface area contributed by atoms with Crippen LogP contribution in [0.3, 0.4) is 0 Å². The van der Waals surface area contributed by atoms with Crippen LogP contribution >= 0.6 is 0 Å². The van der Waals surface area contributed by atoms with Crippen LogP contribution < -0.4 is 14.2 Å². The highest BCUT2D eigenvalue weighted by Gasteiger charge is 2.45. The third-order valence-electron chi connectivity index (χ3n) is 6.65. The van der Waals surface area contributed by atoms with Crippen molar-refractivity contribution in [2.24, 2.45) is 0 Å². The molecule has 1 aliphatic heterocycles. The first-order valence-corrected chi connectivity index (χ1v) is 17.9. The van der Waals surface area contributed by atoms with Gasteiger partial charge in [0.05, 0.1) is 19.5 Å². The Morgan fingerprint density at radius 2 is 1.77 bits per heavy atom. The van der Waals surface area contributed by atoms with E-state index in [1.54, 1.807) is 7.11 Å². The van der Waals surface area contributed by atoms with Gasteiger partial charge in [-0.25, -0.2) is 0 Å². The molecule has 1 aromatic carbocycles. The van der Waals surface area contributed by atoms with Gasteiger partial charge in [0, 0.05) is 11.1 Å². The summed E-state index contributed by atoms with van der Waals surface area (Å²) in [6, 6.07) is 5.31. The molecule has 2 rings (SSSR count). The normalized spacial score (nSPS) is 18.2. The van der Waals surface area contributed by atoms with Gasteiger partial charge in [-0.1, -0.05) is 59.7 Å². The quantitative estimate of drug-likeness (QED) is 0.278. The van der Waals surface area contributed by atoms with E-state index in [1.807, 2.05) is 26.2 Å². The lowest BCUT2D eigenvalue weighted by Gasteiger charge is -2.36. The Morgan fingerprint density at radius 1 is 1.13 bits per heavy atom. The summed E-state index contributed by atoms with van der Waals surface area (Å²) < 4.78 is 25.1. The van der Waals surface area contributed by atoms with Crippen LogP contribution in [0.5, 0.6) is 17.2 Å². The van der Waals surface area contributed by atoms with E-state index in [9.17, 15) is 0 Å². The maximum Gasteiger partial charge on any atom is 0.249 e. The van der Waals surface area contributed by atoms with Gasteiger partial charge in [-0.3, -0.25) is 0 Å². The lowest BCUT2D eigenvalue weighted by molar-refractivity contribution is 0.213. The molecule has 0 saturated carbocycles. The zero-order chi connectivity index (χ0) is 23.6. The van der Waals surface area contributed by atoms with Crippen molar-refractivity contribution in [1.29, 1.82) is 0 Å². The van der Waals surface area contributed by atoms with Gasteiger partial charge < -0.3 is 18.6 Å². The molecule has 0 N–H and O–H groups in total. The van der Waals surface area contributed by atoms with Gasteiger partial charge in [0.1, 0.15) is 13.8 Å². The Morgan fingerprint density at radius 3 is 2.29 bits per heavy atom. The molecule has 1 aliphatic rings. The van der Waals surface area contributed by atoms with E-state index in [4.69, 9.17) is 18.6 Å². The fourth-order valence-electron chi connectivity index (χ4n) is 3.58. The van der Waals surface area contributed by atoms with E-state index < -0.39 is 16.4 Å². The van der Waals surface area contributed by atoms with Crippen LogP contribution in [0, 0.1) is 0 Å².